The number of nitrogens with zero attached hydrogens (tertiary/aromatic N) is 2. The molecule has 0 saturated carbocycles. The molecule has 0 spiro atoms. The molecular formula is C5H6N4O. The van der Waals surface area contributed by atoms with Crippen LogP contribution in [0.25, 0.3) is 0 Å². The van der Waals surface area contributed by atoms with Gasteiger partial charge in [-0.2, -0.15) is 5.90 Å². The molecule has 0 aromatic carbocycles. The molecule has 0 aliphatic rings. The van der Waals surface area contributed by atoms with Gasteiger partial charge in [-0.15, -0.1) is 0 Å². The van der Waals surface area contributed by atoms with E-state index in [1.807, 2.05) is 0 Å². The van der Waals surface area contributed by atoms with Crippen LogP contribution in [-0.4, -0.2) is 15.9 Å². The minimum Gasteiger partial charge on any atom is -0.389 e. The van der Waals surface area contributed by atoms with Gasteiger partial charge < -0.3 is 4.84 Å². The molecule has 0 radical (unpaired) electrons. The summed E-state index contributed by atoms with van der Waals surface area (Å²) in [6.07, 6.45) is 4.37. The Morgan fingerprint density at radius 3 is 2.90 bits per heavy atom. The quantitative estimate of drug-likeness (QED) is 0.316. The zero-order chi connectivity index (χ0) is 7.40. The lowest BCUT2D eigenvalue weighted by Crippen LogP contribution is -2.11. The first-order valence-electron chi connectivity index (χ1n) is 2.56. The Balaban J connectivity index is 2.85. The summed E-state index contributed by atoms with van der Waals surface area (Å²) in [6.45, 7) is 0. The highest BCUT2D eigenvalue weighted by Gasteiger charge is 1.99. The van der Waals surface area contributed by atoms with Gasteiger partial charge in [0.25, 0.3) is 5.90 Å². The fraction of sp³-hybridized carbons (Fsp3) is 0. The maximum Gasteiger partial charge on any atom is 0.257 e. The van der Waals surface area contributed by atoms with E-state index < -0.39 is 0 Å². The summed E-state index contributed by atoms with van der Waals surface area (Å²) in [5.41, 5.74) is 0.324. The molecule has 1 aromatic rings. The second-order valence-corrected chi connectivity index (χ2v) is 1.54. The molecule has 0 aliphatic heterocycles. The predicted molar refractivity (Wildman–Crippen MR) is 34.1 cm³/mol. The number of hydrogen-bond donors (Lipinski definition) is 2. The Hall–Kier alpha value is -1.49. The van der Waals surface area contributed by atoms with E-state index in [4.69, 9.17) is 11.3 Å². The van der Waals surface area contributed by atoms with E-state index in [0.717, 1.165) is 0 Å². The van der Waals surface area contributed by atoms with Gasteiger partial charge in [-0.05, 0) is 0 Å². The van der Waals surface area contributed by atoms with Crippen molar-refractivity contribution in [3.63, 3.8) is 0 Å². The summed E-state index contributed by atoms with van der Waals surface area (Å²) in [7, 11) is 0. The number of hydrogen-bond acceptors (Lipinski definition) is 5. The lowest BCUT2D eigenvalue weighted by molar-refractivity contribution is 0.318. The van der Waals surface area contributed by atoms with Crippen LogP contribution in [0.3, 0.4) is 0 Å². The zero-order valence-corrected chi connectivity index (χ0v) is 5.11. The van der Waals surface area contributed by atoms with Crippen molar-refractivity contribution in [2.75, 3.05) is 0 Å². The molecule has 0 unspecified atom stereocenters. The maximum absolute atomic E-state index is 7.03. The summed E-state index contributed by atoms with van der Waals surface area (Å²) in [5.74, 6) is 4.52. The van der Waals surface area contributed by atoms with Crippen molar-refractivity contribution in [3.05, 3.63) is 24.3 Å². The molecule has 1 heterocycles. The molecule has 1 aromatic heterocycles. The lowest BCUT2D eigenvalue weighted by Gasteiger charge is -1.96. The van der Waals surface area contributed by atoms with Gasteiger partial charge in [0.1, 0.15) is 5.69 Å². The molecule has 0 aliphatic carbocycles. The summed E-state index contributed by atoms with van der Waals surface area (Å²) in [6, 6.07) is 0. The molecular weight excluding hydrogens is 132 g/mol. The molecule has 3 N–H and O–H groups in total. The Kier molecular flexibility index (Phi) is 1.91. The first-order chi connectivity index (χ1) is 4.84. The first-order valence-corrected chi connectivity index (χ1v) is 2.56. The Bertz CT molecular complexity index is 222. The van der Waals surface area contributed by atoms with Gasteiger partial charge in [0, 0.05) is 12.4 Å². The number of nitrogens with two attached hydrogens (primary N) is 1. The first kappa shape index (κ1) is 6.63. The van der Waals surface area contributed by atoms with Crippen molar-refractivity contribution < 1.29 is 4.84 Å². The normalized spacial score (nSPS) is 8.90. The summed E-state index contributed by atoms with van der Waals surface area (Å²) in [4.78, 5) is 11.6. The standard InChI is InChI=1S/C5H6N4O/c6-5(10-7)4-3-8-1-2-9-4/h1-3,6H,7H2. The second-order valence-electron chi connectivity index (χ2n) is 1.54. The Morgan fingerprint density at radius 2 is 2.40 bits per heavy atom. The van der Waals surface area contributed by atoms with Gasteiger partial charge in [0.05, 0.1) is 6.20 Å². The molecule has 1 rings (SSSR count). The van der Waals surface area contributed by atoms with Crippen LogP contribution in [0.15, 0.2) is 18.6 Å². The molecule has 0 fully saturated rings. The third-order valence-corrected chi connectivity index (χ3v) is 0.914. The van der Waals surface area contributed by atoms with E-state index in [1.165, 1.54) is 18.6 Å². The van der Waals surface area contributed by atoms with Gasteiger partial charge in [-0.3, -0.25) is 10.4 Å². The van der Waals surface area contributed by atoms with Crippen LogP contribution in [-0.2, 0) is 4.84 Å². The number of aromatic nitrogens is 2. The van der Waals surface area contributed by atoms with Crippen molar-refractivity contribution in [3.8, 4) is 0 Å². The third-order valence-electron chi connectivity index (χ3n) is 0.914. The minimum atomic E-state index is -0.187. The molecule has 0 bridgehead atoms. The summed E-state index contributed by atoms with van der Waals surface area (Å²) >= 11 is 0. The maximum atomic E-state index is 7.03. The van der Waals surface area contributed by atoms with Crippen LogP contribution in [0.1, 0.15) is 5.69 Å². The van der Waals surface area contributed by atoms with Crippen LogP contribution in [0.4, 0.5) is 0 Å². The van der Waals surface area contributed by atoms with Gasteiger partial charge in [0.2, 0.25) is 0 Å². The van der Waals surface area contributed by atoms with E-state index in [9.17, 15) is 0 Å². The van der Waals surface area contributed by atoms with Crippen molar-refractivity contribution in [1.29, 1.82) is 5.41 Å². The molecule has 0 saturated heterocycles. The van der Waals surface area contributed by atoms with Crippen molar-refractivity contribution in [1.82, 2.24) is 9.97 Å². The molecule has 5 heteroatoms. The van der Waals surface area contributed by atoms with Gasteiger partial charge in [-0.25, -0.2) is 4.98 Å². The topological polar surface area (TPSA) is 84.9 Å². The smallest absolute Gasteiger partial charge is 0.257 e. The molecule has 0 atom stereocenters. The van der Waals surface area contributed by atoms with Crippen LogP contribution < -0.4 is 5.90 Å². The molecule has 5 nitrogen and oxygen atoms in total. The average molecular weight is 138 g/mol. The fourth-order valence-electron chi connectivity index (χ4n) is 0.477. The summed E-state index contributed by atoms with van der Waals surface area (Å²) < 4.78 is 0. The monoisotopic (exact) mass is 138 g/mol. The van der Waals surface area contributed by atoms with Gasteiger partial charge in [0.15, 0.2) is 0 Å². The SMILES string of the molecule is N=C(ON)c1cnccn1. The van der Waals surface area contributed by atoms with E-state index in [-0.39, 0.29) is 5.90 Å². The van der Waals surface area contributed by atoms with Crippen LogP contribution in [0, 0.1) is 5.41 Å². The van der Waals surface area contributed by atoms with E-state index in [0.29, 0.717) is 5.69 Å². The zero-order valence-electron chi connectivity index (χ0n) is 5.11. The van der Waals surface area contributed by atoms with Gasteiger partial charge in [-0.1, -0.05) is 0 Å². The van der Waals surface area contributed by atoms with Gasteiger partial charge >= 0.3 is 0 Å². The predicted octanol–water partition coefficient (Wildman–Crippen LogP) is -0.308. The summed E-state index contributed by atoms with van der Waals surface area (Å²) in [5, 5.41) is 7.03. The number of rotatable bonds is 1. The highest BCUT2D eigenvalue weighted by Crippen LogP contribution is 1.89. The molecule has 52 valence electrons. The van der Waals surface area contributed by atoms with Crippen molar-refractivity contribution in [2.45, 2.75) is 0 Å². The average Bonchev–Trinajstić information content (AvgIpc) is 2.05. The van der Waals surface area contributed by atoms with Crippen LogP contribution in [0.2, 0.25) is 0 Å². The largest absolute Gasteiger partial charge is 0.389 e. The highest BCUT2D eigenvalue weighted by atomic mass is 16.6. The van der Waals surface area contributed by atoms with Crippen molar-refractivity contribution >= 4 is 5.90 Å². The molecule has 10 heavy (non-hydrogen) atoms. The van der Waals surface area contributed by atoms with Crippen LogP contribution >= 0.6 is 0 Å². The van der Waals surface area contributed by atoms with Crippen molar-refractivity contribution in [2.24, 2.45) is 5.90 Å². The van der Waals surface area contributed by atoms with Crippen LogP contribution in [0.5, 0.6) is 0 Å². The lowest BCUT2D eigenvalue weighted by atomic mass is 10.4. The Morgan fingerprint density at radius 1 is 1.60 bits per heavy atom. The number of nitrogens with one attached hydrogen (secondary N) is 1. The van der Waals surface area contributed by atoms with E-state index in [1.54, 1.807) is 0 Å². The molecule has 0 amide bonds. The Labute approximate surface area is 57.3 Å². The van der Waals surface area contributed by atoms with E-state index >= 15 is 0 Å². The fourth-order valence-corrected chi connectivity index (χ4v) is 0.477. The highest BCUT2D eigenvalue weighted by molar-refractivity contribution is 5.88. The van der Waals surface area contributed by atoms with E-state index in [2.05, 4.69) is 14.8 Å². The third kappa shape index (κ3) is 1.26. The second kappa shape index (κ2) is 2.88. The minimum absolute atomic E-state index is 0.187.